The summed E-state index contributed by atoms with van der Waals surface area (Å²) in [7, 11) is 0. The molecule has 0 radical (unpaired) electrons. The zero-order valence-electron chi connectivity index (χ0n) is 19.6. The third-order valence-corrected chi connectivity index (χ3v) is 5.15. The van der Waals surface area contributed by atoms with Gasteiger partial charge in [-0.1, -0.05) is 12.1 Å². The number of para-hydroxylation sites is 1. The fourth-order valence-electron chi connectivity index (χ4n) is 3.50. The predicted molar refractivity (Wildman–Crippen MR) is 127 cm³/mol. The maximum atomic E-state index is 13.5. The van der Waals surface area contributed by atoms with Crippen LogP contribution in [-0.4, -0.2) is 35.2 Å². The van der Waals surface area contributed by atoms with E-state index in [0.717, 1.165) is 6.07 Å². The second kappa shape index (κ2) is 10.9. The van der Waals surface area contributed by atoms with Gasteiger partial charge in [-0.2, -0.15) is 18.3 Å². The SMILES string of the molecule is CCOC(=O)c1ccc(NC(=O)C(=O)N/N=C\c2cc(C)n(-c3ccccc3C(F)(F)F)c2C)cc1. The minimum atomic E-state index is -4.53. The normalized spacial score (nSPS) is 11.4. The van der Waals surface area contributed by atoms with Gasteiger partial charge in [-0.25, -0.2) is 10.2 Å². The average molecular weight is 500 g/mol. The van der Waals surface area contributed by atoms with E-state index in [-0.39, 0.29) is 18.0 Å². The number of alkyl halides is 3. The molecule has 188 valence electrons. The number of aromatic nitrogens is 1. The molecule has 8 nitrogen and oxygen atoms in total. The maximum absolute atomic E-state index is 13.5. The number of rotatable bonds is 6. The number of benzene rings is 2. The molecule has 1 heterocycles. The van der Waals surface area contributed by atoms with Gasteiger partial charge in [-0.05, 0) is 63.2 Å². The topological polar surface area (TPSA) is 102 Å². The molecular weight excluding hydrogens is 477 g/mol. The number of anilines is 1. The van der Waals surface area contributed by atoms with Crippen molar-refractivity contribution in [2.45, 2.75) is 26.9 Å². The van der Waals surface area contributed by atoms with Gasteiger partial charge in [-0.15, -0.1) is 0 Å². The molecular formula is C25H23F3N4O4. The van der Waals surface area contributed by atoms with Crippen molar-refractivity contribution in [1.29, 1.82) is 0 Å². The van der Waals surface area contributed by atoms with Gasteiger partial charge in [0.2, 0.25) is 0 Å². The molecule has 2 amide bonds. The molecule has 11 heteroatoms. The van der Waals surface area contributed by atoms with Crippen LogP contribution in [0.5, 0.6) is 0 Å². The highest BCUT2D eigenvalue weighted by molar-refractivity contribution is 6.39. The molecule has 0 aliphatic rings. The summed E-state index contributed by atoms with van der Waals surface area (Å²) >= 11 is 0. The van der Waals surface area contributed by atoms with E-state index in [1.807, 2.05) is 0 Å². The maximum Gasteiger partial charge on any atom is 0.418 e. The van der Waals surface area contributed by atoms with Crippen LogP contribution in [-0.2, 0) is 20.5 Å². The molecule has 0 saturated heterocycles. The molecule has 3 aromatic rings. The fraction of sp³-hybridized carbons (Fsp3) is 0.200. The van der Waals surface area contributed by atoms with Gasteiger partial charge in [0.05, 0.1) is 29.6 Å². The summed E-state index contributed by atoms with van der Waals surface area (Å²) in [6.07, 6.45) is -3.29. The molecule has 0 aliphatic carbocycles. The molecule has 36 heavy (non-hydrogen) atoms. The quantitative estimate of drug-likeness (QED) is 0.227. The van der Waals surface area contributed by atoms with Crippen LogP contribution in [0.15, 0.2) is 59.7 Å². The second-order valence-electron chi connectivity index (χ2n) is 7.63. The number of esters is 1. The monoisotopic (exact) mass is 500 g/mol. The molecule has 0 atom stereocenters. The van der Waals surface area contributed by atoms with Crippen LogP contribution in [0.1, 0.15) is 39.8 Å². The van der Waals surface area contributed by atoms with Crippen molar-refractivity contribution < 1.29 is 32.3 Å². The lowest BCUT2D eigenvalue weighted by Gasteiger charge is -2.16. The van der Waals surface area contributed by atoms with E-state index >= 15 is 0 Å². The molecule has 0 aliphatic heterocycles. The minimum absolute atomic E-state index is 0.0305. The Morgan fingerprint density at radius 2 is 1.69 bits per heavy atom. The highest BCUT2D eigenvalue weighted by Gasteiger charge is 2.34. The Hall–Kier alpha value is -4.41. The van der Waals surface area contributed by atoms with Crippen LogP contribution < -0.4 is 10.7 Å². The number of hydrogen-bond donors (Lipinski definition) is 2. The zero-order valence-corrected chi connectivity index (χ0v) is 19.6. The molecule has 2 aromatic carbocycles. The average Bonchev–Trinajstić information content (AvgIpc) is 3.11. The highest BCUT2D eigenvalue weighted by Crippen LogP contribution is 2.35. The number of halogens is 3. The van der Waals surface area contributed by atoms with Gasteiger partial charge in [-0.3, -0.25) is 9.59 Å². The van der Waals surface area contributed by atoms with E-state index in [2.05, 4.69) is 15.8 Å². The molecule has 0 bridgehead atoms. The fourth-order valence-corrected chi connectivity index (χ4v) is 3.50. The van der Waals surface area contributed by atoms with E-state index in [9.17, 15) is 27.6 Å². The van der Waals surface area contributed by atoms with Crippen molar-refractivity contribution >= 4 is 29.7 Å². The van der Waals surface area contributed by atoms with Gasteiger partial charge >= 0.3 is 24.0 Å². The molecule has 0 unspecified atom stereocenters. The lowest BCUT2D eigenvalue weighted by molar-refractivity contribution is -0.137. The predicted octanol–water partition coefficient (Wildman–Crippen LogP) is 4.38. The number of amides is 2. The summed E-state index contributed by atoms with van der Waals surface area (Å²) in [4.78, 5) is 35.9. The summed E-state index contributed by atoms with van der Waals surface area (Å²) in [5.74, 6) is -2.57. The van der Waals surface area contributed by atoms with Crippen LogP contribution in [0.3, 0.4) is 0 Å². The van der Waals surface area contributed by atoms with Crippen molar-refractivity contribution in [3.8, 4) is 5.69 Å². The number of carbonyl (C=O) groups excluding carboxylic acids is 3. The summed E-state index contributed by atoms with van der Waals surface area (Å²) in [5.41, 5.74) is 3.29. The Labute approximate surface area is 204 Å². The van der Waals surface area contributed by atoms with E-state index in [1.165, 1.54) is 53.2 Å². The van der Waals surface area contributed by atoms with Gasteiger partial charge in [0.15, 0.2) is 0 Å². The van der Waals surface area contributed by atoms with Crippen LogP contribution in [0, 0.1) is 13.8 Å². The van der Waals surface area contributed by atoms with E-state index < -0.39 is 29.5 Å². The summed E-state index contributed by atoms with van der Waals surface area (Å²) in [5, 5.41) is 6.13. The minimum Gasteiger partial charge on any atom is -0.462 e. The summed E-state index contributed by atoms with van der Waals surface area (Å²) in [6.45, 7) is 5.17. The number of ether oxygens (including phenoxy) is 1. The van der Waals surface area contributed by atoms with Gasteiger partial charge < -0.3 is 14.6 Å². The van der Waals surface area contributed by atoms with E-state index in [0.29, 0.717) is 22.5 Å². The van der Waals surface area contributed by atoms with Crippen molar-refractivity contribution in [1.82, 2.24) is 9.99 Å². The zero-order chi connectivity index (χ0) is 26.5. The van der Waals surface area contributed by atoms with Gasteiger partial charge in [0, 0.05) is 22.6 Å². The Bertz CT molecular complexity index is 1310. The van der Waals surface area contributed by atoms with Crippen LogP contribution in [0.25, 0.3) is 5.69 Å². The van der Waals surface area contributed by atoms with Crippen LogP contribution in [0.2, 0.25) is 0 Å². The molecule has 0 spiro atoms. The second-order valence-corrected chi connectivity index (χ2v) is 7.63. The van der Waals surface area contributed by atoms with E-state index in [1.54, 1.807) is 26.8 Å². The molecule has 1 aromatic heterocycles. The first-order chi connectivity index (χ1) is 17.0. The first-order valence-electron chi connectivity index (χ1n) is 10.8. The largest absolute Gasteiger partial charge is 0.462 e. The highest BCUT2D eigenvalue weighted by atomic mass is 19.4. The van der Waals surface area contributed by atoms with Gasteiger partial charge in [0.1, 0.15) is 0 Å². The molecule has 0 saturated carbocycles. The van der Waals surface area contributed by atoms with Crippen LogP contribution >= 0.6 is 0 Å². The number of hydrazone groups is 1. The smallest absolute Gasteiger partial charge is 0.418 e. The molecule has 2 N–H and O–H groups in total. The van der Waals surface area contributed by atoms with Crippen molar-refractivity contribution in [3.63, 3.8) is 0 Å². The van der Waals surface area contributed by atoms with E-state index in [4.69, 9.17) is 4.74 Å². The van der Waals surface area contributed by atoms with Crippen molar-refractivity contribution in [3.05, 3.63) is 82.7 Å². The first kappa shape index (κ1) is 26.2. The Morgan fingerprint density at radius 3 is 2.33 bits per heavy atom. The third-order valence-electron chi connectivity index (χ3n) is 5.15. The summed E-state index contributed by atoms with van der Waals surface area (Å²) in [6, 6.07) is 12.6. The van der Waals surface area contributed by atoms with Crippen molar-refractivity contribution in [2.75, 3.05) is 11.9 Å². The third kappa shape index (κ3) is 5.98. The Morgan fingerprint density at radius 1 is 1.03 bits per heavy atom. The number of aryl methyl sites for hydroxylation is 1. The Kier molecular flexibility index (Phi) is 7.93. The first-order valence-corrected chi connectivity index (χ1v) is 10.8. The standard InChI is InChI=1S/C25H23F3N4O4/c1-4-36-24(35)17-9-11-19(12-10-17)30-22(33)23(34)31-29-14-18-13-15(2)32(16(18)3)21-8-6-5-7-20(21)25(26,27)28/h5-14H,4H2,1-3H3,(H,30,33)(H,31,34)/b29-14-. The molecule has 3 rings (SSSR count). The van der Waals surface area contributed by atoms with Gasteiger partial charge in [0.25, 0.3) is 0 Å². The van der Waals surface area contributed by atoms with Crippen molar-refractivity contribution in [2.24, 2.45) is 5.10 Å². The number of nitrogens with one attached hydrogen (secondary N) is 2. The number of nitrogens with zero attached hydrogens (tertiary/aromatic N) is 2. The van der Waals surface area contributed by atoms with Crippen LogP contribution in [0.4, 0.5) is 18.9 Å². The number of hydrogen-bond acceptors (Lipinski definition) is 5. The summed E-state index contributed by atoms with van der Waals surface area (Å²) < 4.78 is 46.7. The number of carbonyl (C=O) groups is 3. The lowest BCUT2D eigenvalue weighted by Crippen LogP contribution is -2.32. The Balaban J connectivity index is 1.68. The lowest BCUT2D eigenvalue weighted by atomic mass is 10.1. The molecule has 0 fully saturated rings.